The van der Waals surface area contributed by atoms with Gasteiger partial charge in [0.15, 0.2) is 0 Å². The zero-order chi connectivity index (χ0) is 18.5. The molecule has 148 valence electrons. The van der Waals surface area contributed by atoms with Gasteiger partial charge < -0.3 is 14.4 Å². The molecule has 0 saturated carbocycles. The molecule has 0 radical (unpaired) electrons. The van der Waals surface area contributed by atoms with Crippen molar-refractivity contribution in [2.24, 2.45) is 5.92 Å². The normalized spacial score (nSPS) is 24.9. The molecule has 27 heavy (non-hydrogen) atoms. The summed E-state index contributed by atoms with van der Waals surface area (Å²) in [6.45, 7) is 6.54. The number of ether oxygens (including phenoxy) is 2. The van der Waals surface area contributed by atoms with Gasteiger partial charge in [0.1, 0.15) is 6.61 Å². The molecule has 3 fully saturated rings. The second-order valence-electron chi connectivity index (χ2n) is 8.33. The van der Waals surface area contributed by atoms with Crippen LogP contribution < -0.4 is 0 Å². The largest absolute Gasteiger partial charge is 0.372 e. The number of rotatable bonds is 7. The molecule has 0 aromatic carbocycles. The first-order valence-electron chi connectivity index (χ1n) is 10.3. The zero-order valence-corrected chi connectivity index (χ0v) is 16.1. The Morgan fingerprint density at radius 2 is 2.19 bits per heavy atom. The fraction of sp³-hybridized carbons (Fsp3) is 0.714. The van der Waals surface area contributed by atoms with Crippen LogP contribution >= 0.6 is 0 Å². The van der Waals surface area contributed by atoms with E-state index in [0.29, 0.717) is 12.5 Å². The third kappa shape index (κ3) is 4.86. The molecule has 0 unspecified atom stereocenters. The maximum atomic E-state index is 12.0. The molecule has 6 heteroatoms. The van der Waals surface area contributed by atoms with Gasteiger partial charge in [-0.3, -0.25) is 14.7 Å². The predicted molar refractivity (Wildman–Crippen MR) is 102 cm³/mol. The molecule has 4 heterocycles. The number of hydrogen-bond acceptors (Lipinski definition) is 5. The minimum absolute atomic E-state index is 0.0382. The van der Waals surface area contributed by atoms with Crippen LogP contribution in [0.25, 0.3) is 0 Å². The molecule has 0 N–H and O–H groups in total. The first-order chi connectivity index (χ1) is 13.2. The summed E-state index contributed by atoms with van der Waals surface area (Å²) >= 11 is 0. The van der Waals surface area contributed by atoms with Gasteiger partial charge >= 0.3 is 0 Å². The molecular formula is C21H31N3O3. The summed E-state index contributed by atoms with van der Waals surface area (Å²) in [5, 5.41) is 0. The highest BCUT2D eigenvalue weighted by molar-refractivity contribution is 5.77. The first-order valence-corrected chi connectivity index (χ1v) is 10.3. The zero-order valence-electron chi connectivity index (χ0n) is 16.1. The number of pyridine rings is 1. The molecule has 0 aliphatic carbocycles. The standard InChI is InChI=1S/C21H31N3O3/c25-20(24-8-1-2-9-24)15-26-10-5-18-6-11-27-21(12-18)16-23(17-21)14-19-4-3-7-22-13-19/h3-4,7,13,18H,1-2,5-6,8-12,14-17H2/t18-/m0/s1. The van der Waals surface area contributed by atoms with Gasteiger partial charge in [-0.2, -0.15) is 0 Å². The number of carbonyl (C=O) groups is 1. The first kappa shape index (κ1) is 18.8. The molecule has 4 rings (SSSR count). The topological polar surface area (TPSA) is 54.9 Å². The van der Waals surface area contributed by atoms with Gasteiger partial charge in [-0.15, -0.1) is 0 Å². The Labute approximate surface area is 161 Å². The molecular weight excluding hydrogens is 342 g/mol. The van der Waals surface area contributed by atoms with Gasteiger partial charge in [-0.1, -0.05) is 6.07 Å². The quantitative estimate of drug-likeness (QED) is 0.685. The van der Waals surface area contributed by atoms with E-state index >= 15 is 0 Å². The Balaban J connectivity index is 1.14. The van der Waals surface area contributed by atoms with Crippen LogP contribution in [0.1, 0.15) is 37.7 Å². The average molecular weight is 373 g/mol. The molecule has 1 amide bonds. The summed E-state index contributed by atoms with van der Waals surface area (Å²) in [4.78, 5) is 20.6. The van der Waals surface area contributed by atoms with Crippen molar-refractivity contribution in [2.45, 2.75) is 44.2 Å². The highest BCUT2D eigenvalue weighted by atomic mass is 16.5. The van der Waals surface area contributed by atoms with Gasteiger partial charge in [-0.25, -0.2) is 0 Å². The average Bonchev–Trinajstić information content (AvgIpc) is 3.20. The van der Waals surface area contributed by atoms with E-state index in [0.717, 1.165) is 71.4 Å². The summed E-state index contributed by atoms with van der Waals surface area (Å²) < 4.78 is 11.8. The fourth-order valence-corrected chi connectivity index (χ4v) is 4.69. The van der Waals surface area contributed by atoms with Gasteiger partial charge in [0.25, 0.3) is 0 Å². The maximum absolute atomic E-state index is 12.0. The summed E-state index contributed by atoms with van der Waals surface area (Å²) in [6.07, 6.45) is 9.27. The highest BCUT2D eigenvalue weighted by Gasteiger charge is 2.47. The van der Waals surface area contributed by atoms with Crippen molar-refractivity contribution in [3.8, 4) is 0 Å². The van der Waals surface area contributed by atoms with Crippen molar-refractivity contribution in [1.82, 2.24) is 14.8 Å². The molecule has 1 spiro atoms. The van der Waals surface area contributed by atoms with Crippen LogP contribution in [-0.2, 0) is 20.8 Å². The number of nitrogens with zero attached hydrogens (tertiary/aromatic N) is 3. The number of carbonyl (C=O) groups excluding carboxylic acids is 1. The second-order valence-corrected chi connectivity index (χ2v) is 8.33. The van der Waals surface area contributed by atoms with Crippen LogP contribution in [0.3, 0.4) is 0 Å². The Morgan fingerprint density at radius 1 is 1.33 bits per heavy atom. The highest BCUT2D eigenvalue weighted by Crippen LogP contribution is 2.38. The Morgan fingerprint density at radius 3 is 2.96 bits per heavy atom. The molecule has 1 atom stereocenters. The minimum Gasteiger partial charge on any atom is -0.372 e. The minimum atomic E-state index is 0.0382. The molecule has 1 aromatic rings. The van der Waals surface area contributed by atoms with E-state index in [-0.39, 0.29) is 18.1 Å². The third-order valence-corrected chi connectivity index (χ3v) is 6.10. The summed E-state index contributed by atoms with van der Waals surface area (Å²) in [5.74, 6) is 0.794. The van der Waals surface area contributed by atoms with Gasteiger partial charge in [0.05, 0.1) is 5.60 Å². The third-order valence-electron chi connectivity index (χ3n) is 6.10. The van der Waals surface area contributed by atoms with Gasteiger partial charge in [0.2, 0.25) is 5.91 Å². The summed E-state index contributed by atoms with van der Waals surface area (Å²) in [7, 11) is 0. The molecule has 3 aliphatic heterocycles. The van der Waals surface area contributed by atoms with Gasteiger partial charge in [0, 0.05) is 58.3 Å². The van der Waals surface area contributed by atoms with Crippen molar-refractivity contribution < 1.29 is 14.3 Å². The van der Waals surface area contributed by atoms with Crippen molar-refractivity contribution in [3.05, 3.63) is 30.1 Å². The van der Waals surface area contributed by atoms with Crippen LogP contribution in [-0.4, -0.2) is 72.3 Å². The van der Waals surface area contributed by atoms with Crippen molar-refractivity contribution in [1.29, 1.82) is 0 Å². The van der Waals surface area contributed by atoms with Crippen molar-refractivity contribution >= 4 is 5.91 Å². The van der Waals surface area contributed by atoms with Crippen molar-refractivity contribution in [3.63, 3.8) is 0 Å². The second kappa shape index (κ2) is 8.67. The van der Waals surface area contributed by atoms with Crippen LogP contribution in [0.2, 0.25) is 0 Å². The van der Waals surface area contributed by atoms with Crippen molar-refractivity contribution in [2.75, 3.05) is 46.0 Å². The van der Waals surface area contributed by atoms with E-state index in [1.54, 1.807) is 0 Å². The van der Waals surface area contributed by atoms with Crippen LogP contribution in [0.15, 0.2) is 24.5 Å². The Kier molecular flexibility index (Phi) is 6.05. The Hall–Kier alpha value is -1.50. The number of likely N-dealkylation sites (tertiary alicyclic amines) is 2. The number of amides is 1. The smallest absolute Gasteiger partial charge is 0.248 e. The maximum Gasteiger partial charge on any atom is 0.248 e. The molecule has 6 nitrogen and oxygen atoms in total. The van der Waals surface area contributed by atoms with E-state index in [1.165, 1.54) is 5.56 Å². The van der Waals surface area contributed by atoms with Crippen LogP contribution in [0.5, 0.6) is 0 Å². The fourth-order valence-electron chi connectivity index (χ4n) is 4.69. The van der Waals surface area contributed by atoms with Gasteiger partial charge in [-0.05, 0) is 49.7 Å². The van der Waals surface area contributed by atoms with Crippen LogP contribution in [0, 0.1) is 5.92 Å². The van der Waals surface area contributed by atoms with E-state index < -0.39 is 0 Å². The lowest BCUT2D eigenvalue weighted by molar-refractivity contribution is -0.182. The lowest BCUT2D eigenvalue weighted by atomic mass is 9.79. The SMILES string of the molecule is O=C(COCC[C@H]1CCOC2(C1)CN(Cc1cccnc1)C2)N1CCCC1. The van der Waals surface area contributed by atoms with E-state index in [2.05, 4.69) is 16.0 Å². The molecule has 3 aliphatic rings. The number of hydrogen-bond donors (Lipinski definition) is 0. The lowest BCUT2D eigenvalue weighted by Crippen LogP contribution is -2.64. The lowest BCUT2D eigenvalue weighted by Gasteiger charge is -2.53. The summed E-state index contributed by atoms with van der Waals surface area (Å²) in [5.41, 5.74) is 1.30. The number of aromatic nitrogens is 1. The van der Waals surface area contributed by atoms with Crippen LogP contribution in [0.4, 0.5) is 0 Å². The van der Waals surface area contributed by atoms with E-state index in [4.69, 9.17) is 9.47 Å². The predicted octanol–water partition coefficient (Wildman–Crippen LogP) is 2.09. The van der Waals surface area contributed by atoms with E-state index in [9.17, 15) is 4.79 Å². The Bertz CT molecular complexity index is 612. The molecule has 1 aromatic heterocycles. The monoisotopic (exact) mass is 373 g/mol. The molecule has 3 saturated heterocycles. The van der Waals surface area contributed by atoms with E-state index in [1.807, 2.05) is 23.4 Å². The molecule has 0 bridgehead atoms. The summed E-state index contributed by atoms with van der Waals surface area (Å²) in [6, 6.07) is 4.12.